The van der Waals surface area contributed by atoms with Gasteiger partial charge in [-0.2, -0.15) is 0 Å². The predicted octanol–water partition coefficient (Wildman–Crippen LogP) is 2.52. The maximum absolute atomic E-state index is 13.0. The minimum Gasteiger partial charge on any atom is -0.380 e. The summed E-state index contributed by atoms with van der Waals surface area (Å²) in [6.45, 7) is 0.678. The number of anilines is 1. The van der Waals surface area contributed by atoms with Gasteiger partial charge in [-0.1, -0.05) is 30.7 Å². The molecule has 4 rings (SSSR count). The molecule has 34 heavy (non-hydrogen) atoms. The summed E-state index contributed by atoms with van der Waals surface area (Å²) in [6, 6.07) is 7.42. The van der Waals surface area contributed by atoms with E-state index in [0.29, 0.717) is 17.6 Å². The number of carbonyl (C=O) groups excluding carboxylic acids is 2. The molecule has 1 saturated carbocycles. The summed E-state index contributed by atoms with van der Waals surface area (Å²) >= 11 is 7.71. The van der Waals surface area contributed by atoms with Gasteiger partial charge in [0.15, 0.2) is 17.3 Å². The summed E-state index contributed by atoms with van der Waals surface area (Å²) in [5.74, 6) is -1.08. The molecule has 0 bridgehead atoms. The third-order valence-corrected chi connectivity index (χ3v) is 7.91. The van der Waals surface area contributed by atoms with E-state index in [9.17, 15) is 19.8 Å². The summed E-state index contributed by atoms with van der Waals surface area (Å²) in [5.41, 5.74) is 8.17. The number of carbonyl (C=O) groups is 2. The Morgan fingerprint density at radius 3 is 2.62 bits per heavy atom. The molecule has 2 aliphatic rings. The Balaban J connectivity index is 1.30. The topological polar surface area (TPSA) is 129 Å². The first kappa shape index (κ1) is 24.9. The number of nitrogens with one attached hydrogen (secondary N) is 1. The molecule has 184 valence electrons. The highest BCUT2D eigenvalue weighted by molar-refractivity contribution is 7.13. The highest BCUT2D eigenvalue weighted by Gasteiger charge is 2.41. The van der Waals surface area contributed by atoms with E-state index in [-0.39, 0.29) is 18.0 Å². The van der Waals surface area contributed by atoms with E-state index in [1.807, 2.05) is 29.6 Å². The number of thiazole rings is 1. The van der Waals surface area contributed by atoms with Gasteiger partial charge in [0.25, 0.3) is 11.8 Å². The Hall–Kier alpha value is -2.20. The van der Waals surface area contributed by atoms with Crippen LogP contribution >= 0.6 is 22.9 Å². The van der Waals surface area contributed by atoms with Crippen LogP contribution < -0.4 is 11.1 Å². The van der Waals surface area contributed by atoms with Crippen molar-refractivity contribution in [2.75, 3.05) is 12.3 Å². The smallest absolute Gasteiger partial charge is 0.254 e. The number of hydrogen-bond donors (Lipinski definition) is 4. The first-order valence-electron chi connectivity index (χ1n) is 11.7. The number of amides is 2. The van der Waals surface area contributed by atoms with Gasteiger partial charge in [0.05, 0.1) is 5.69 Å². The monoisotopic (exact) mass is 506 g/mol. The molecule has 5 atom stereocenters. The minimum absolute atomic E-state index is 0.00513. The van der Waals surface area contributed by atoms with Crippen LogP contribution in [0.2, 0.25) is 0 Å². The maximum Gasteiger partial charge on any atom is 0.254 e. The van der Waals surface area contributed by atoms with E-state index in [1.165, 1.54) is 11.3 Å². The van der Waals surface area contributed by atoms with Crippen LogP contribution in [-0.2, 0) is 16.1 Å². The number of hydrogen-bond acceptors (Lipinski definition) is 7. The van der Waals surface area contributed by atoms with E-state index in [4.69, 9.17) is 17.3 Å². The number of aromatic nitrogens is 1. The van der Waals surface area contributed by atoms with Crippen LogP contribution in [0.15, 0.2) is 29.6 Å². The van der Waals surface area contributed by atoms with Crippen molar-refractivity contribution < 1.29 is 19.8 Å². The van der Waals surface area contributed by atoms with Crippen LogP contribution in [-0.4, -0.2) is 62.1 Å². The molecule has 8 nitrogen and oxygen atoms in total. The number of halogens is 1. The lowest BCUT2D eigenvalue weighted by Gasteiger charge is -2.36. The molecule has 2 heterocycles. The van der Waals surface area contributed by atoms with Gasteiger partial charge >= 0.3 is 0 Å². The van der Waals surface area contributed by atoms with E-state index >= 15 is 0 Å². The second-order valence-electron chi connectivity index (χ2n) is 9.14. The number of aliphatic hydroxyl groups is 2. The van der Waals surface area contributed by atoms with Gasteiger partial charge in [-0.3, -0.25) is 9.59 Å². The van der Waals surface area contributed by atoms with Crippen LogP contribution in [0.25, 0.3) is 11.3 Å². The third-order valence-electron chi connectivity index (χ3n) is 6.84. The molecule has 2 aromatic rings. The van der Waals surface area contributed by atoms with Gasteiger partial charge in [-0.05, 0) is 43.6 Å². The molecular formula is C24H31ClN4O4S. The quantitative estimate of drug-likeness (QED) is 0.427. The average molecular weight is 507 g/mol. The summed E-state index contributed by atoms with van der Waals surface area (Å²) in [6.07, 6.45) is 1.95. The first-order chi connectivity index (χ1) is 16.3. The SMILES string of the molecule is Nc1nc(-c2ccc(CNC(=O)[C@H](O)[C@@H](O)C(=O)N3CCCC3C3CCCC(Cl)C3)cc2)cs1. The second kappa shape index (κ2) is 11.0. The minimum atomic E-state index is -1.84. The molecular weight excluding hydrogens is 476 g/mol. The highest BCUT2D eigenvalue weighted by atomic mass is 35.5. The zero-order chi connectivity index (χ0) is 24.2. The van der Waals surface area contributed by atoms with Crippen LogP contribution in [0.3, 0.4) is 0 Å². The van der Waals surface area contributed by atoms with Gasteiger partial charge in [0.2, 0.25) is 0 Å². The van der Waals surface area contributed by atoms with Crippen molar-refractivity contribution in [2.45, 2.75) is 68.7 Å². The second-order valence-corrected chi connectivity index (χ2v) is 10.6. The van der Waals surface area contributed by atoms with Crippen molar-refractivity contribution in [3.05, 3.63) is 35.2 Å². The van der Waals surface area contributed by atoms with E-state index < -0.39 is 24.0 Å². The van der Waals surface area contributed by atoms with Crippen molar-refractivity contribution >= 4 is 39.9 Å². The molecule has 5 N–H and O–H groups in total. The molecule has 1 aliphatic carbocycles. The van der Waals surface area contributed by atoms with Crippen molar-refractivity contribution in [2.24, 2.45) is 5.92 Å². The van der Waals surface area contributed by atoms with Crippen molar-refractivity contribution in [1.29, 1.82) is 0 Å². The zero-order valence-corrected chi connectivity index (χ0v) is 20.5. The number of benzene rings is 1. The van der Waals surface area contributed by atoms with Gasteiger partial charge in [0.1, 0.15) is 0 Å². The standard InChI is InChI=1S/C24H31ClN4O4S/c25-17-4-1-3-16(11-17)19-5-2-10-29(19)23(33)21(31)20(30)22(32)27-12-14-6-8-15(9-7-14)18-13-34-24(26)28-18/h6-9,13,16-17,19-21,30-31H,1-5,10-12H2,(H2,26,28)(H,27,32)/t16?,17?,19?,20-,21-/m1/s1. The Kier molecular flexibility index (Phi) is 8.08. The third kappa shape index (κ3) is 5.71. The molecule has 0 spiro atoms. The van der Waals surface area contributed by atoms with E-state index in [2.05, 4.69) is 10.3 Å². The largest absolute Gasteiger partial charge is 0.380 e. The van der Waals surface area contributed by atoms with Gasteiger partial charge < -0.3 is 26.2 Å². The number of likely N-dealkylation sites (tertiary alicyclic amines) is 1. The van der Waals surface area contributed by atoms with Crippen molar-refractivity contribution in [3.8, 4) is 11.3 Å². The van der Waals surface area contributed by atoms with Crippen LogP contribution in [0.1, 0.15) is 44.1 Å². The van der Waals surface area contributed by atoms with Crippen LogP contribution in [0, 0.1) is 5.92 Å². The molecule has 0 radical (unpaired) electrons. The molecule has 1 aliphatic heterocycles. The van der Waals surface area contributed by atoms with Crippen molar-refractivity contribution in [1.82, 2.24) is 15.2 Å². The first-order valence-corrected chi connectivity index (χ1v) is 13.0. The van der Waals surface area contributed by atoms with E-state index in [1.54, 1.807) is 4.90 Å². The lowest BCUT2D eigenvalue weighted by Crippen LogP contribution is -2.53. The van der Waals surface area contributed by atoms with Gasteiger partial charge in [0, 0.05) is 35.5 Å². The van der Waals surface area contributed by atoms with Crippen molar-refractivity contribution in [3.63, 3.8) is 0 Å². The lowest BCUT2D eigenvalue weighted by molar-refractivity contribution is -0.154. The number of nitrogens with two attached hydrogens (primary N) is 1. The lowest BCUT2D eigenvalue weighted by atomic mass is 9.82. The van der Waals surface area contributed by atoms with Gasteiger partial charge in [-0.25, -0.2) is 4.98 Å². The maximum atomic E-state index is 13.0. The van der Waals surface area contributed by atoms with Crippen LogP contribution in [0.5, 0.6) is 0 Å². The molecule has 2 amide bonds. The van der Waals surface area contributed by atoms with Gasteiger partial charge in [-0.15, -0.1) is 22.9 Å². The molecule has 1 aromatic heterocycles. The Morgan fingerprint density at radius 1 is 1.18 bits per heavy atom. The molecule has 10 heteroatoms. The summed E-state index contributed by atoms with van der Waals surface area (Å²) in [4.78, 5) is 31.3. The molecule has 1 saturated heterocycles. The fraction of sp³-hybridized carbons (Fsp3) is 0.542. The molecule has 3 unspecified atom stereocenters. The number of rotatable bonds is 7. The zero-order valence-electron chi connectivity index (χ0n) is 18.9. The number of alkyl halides is 1. The highest BCUT2D eigenvalue weighted by Crippen LogP contribution is 2.36. The summed E-state index contributed by atoms with van der Waals surface area (Å²) in [7, 11) is 0. The van der Waals surface area contributed by atoms with Crippen LogP contribution in [0.4, 0.5) is 5.13 Å². The molecule has 2 fully saturated rings. The summed E-state index contributed by atoms with van der Waals surface area (Å²) < 4.78 is 0. The van der Waals surface area contributed by atoms with E-state index in [0.717, 1.165) is 55.3 Å². The Bertz CT molecular complexity index is 1000. The number of aliphatic hydroxyl groups excluding tert-OH is 2. The number of nitrogen functional groups attached to an aromatic ring is 1. The number of nitrogens with zero attached hydrogens (tertiary/aromatic N) is 2. The Morgan fingerprint density at radius 2 is 1.94 bits per heavy atom. The fourth-order valence-electron chi connectivity index (χ4n) is 5.03. The molecule has 1 aromatic carbocycles. The summed E-state index contributed by atoms with van der Waals surface area (Å²) in [5, 5.41) is 26.0. The fourth-order valence-corrected chi connectivity index (χ4v) is 5.98. The average Bonchev–Trinajstić information content (AvgIpc) is 3.51. The normalized spacial score (nSPS) is 24.6. The Labute approximate surface area is 208 Å². The predicted molar refractivity (Wildman–Crippen MR) is 132 cm³/mol.